The van der Waals surface area contributed by atoms with Crippen LogP contribution in [-0.4, -0.2) is 37.4 Å². The molecule has 3 aromatic rings. The number of rotatable bonds is 8. The van der Waals surface area contributed by atoms with Crippen molar-refractivity contribution in [2.75, 3.05) is 31.3 Å². The van der Waals surface area contributed by atoms with E-state index in [4.69, 9.17) is 4.74 Å². The first kappa shape index (κ1) is 22.0. The van der Waals surface area contributed by atoms with Gasteiger partial charge in [-0.15, -0.1) is 0 Å². The van der Waals surface area contributed by atoms with Gasteiger partial charge in [-0.1, -0.05) is 24.3 Å². The summed E-state index contributed by atoms with van der Waals surface area (Å²) in [6.07, 6.45) is 0. The second-order valence-corrected chi connectivity index (χ2v) is 7.08. The molecule has 0 atom stereocenters. The molecule has 2 amide bonds. The lowest BCUT2D eigenvalue weighted by atomic mass is 10.1. The Bertz CT molecular complexity index is 1050. The van der Waals surface area contributed by atoms with Gasteiger partial charge in [0.1, 0.15) is 11.6 Å². The highest BCUT2D eigenvalue weighted by atomic mass is 19.1. The molecule has 0 bridgehead atoms. The largest absolute Gasteiger partial charge is 0.497 e. The Kier molecular flexibility index (Phi) is 7.35. The van der Waals surface area contributed by atoms with Gasteiger partial charge in [-0.05, 0) is 61.1 Å². The zero-order valence-corrected chi connectivity index (χ0v) is 17.4. The number of nitrogens with one attached hydrogen (secondary N) is 2. The smallest absolute Gasteiger partial charge is 0.257 e. The van der Waals surface area contributed by atoms with Gasteiger partial charge in [-0.3, -0.25) is 14.5 Å². The summed E-state index contributed by atoms with van der Waals surface area (Å²) in [5.74, 6) is -0.264. The summed E-state index contributed by atoms with van der Waals surface area (Å²) in [5.41, 5.74) is 2.21. The first-order chi connectivity index (χ1) is 14.9. The van der Waals surface area contributed by atoms with Crippen LogP contribution in [0, 0.1) is 5.82 Å². The van der Waals surface area contributed by atoms with Crippen LogP contribution in [0.4, 0.5) is 15.8 Å². The van der Waals surface area contributed by atoms with Gasteiger partial charge >= 0.3 is 0 Å². The molecule has 0 saturated heterocycles. The minimum absolute atomic E-state index is 0.144. The molecule has 0 saturated carbocycles. The van der Waals surface area contributed by atoms with E-state index in [1.54, 1.807) is 31.4 Å². The fourth-order valence-corrected chi connectivity index (χ4v) is 3.10. The quantitative estimate of drug-likeness (QED) is 0.573. The van der Waals surface area contributed by atoms with Crippen molar-refractivity contribution in [3.8, 4) is 5.75 Å². The van der Waals surface area contributed by atoms with E-state index in [1.165, 1.54) is 24.3 Å². The molecule has 0 aliphatic heterocycles. The molecule has 0 aliphatic rings. The number of para-hydroxylation sites is 1. The number of benzene rings is 3. The van der Waals surface area contributed by atoms with Gasteiger partial charge in [-0.25, -0.2) is 4.39 Å². The fourth-order valence-electron chi connectivity index (χ4n) is 3.10. The predicted octanol–water partition coefficient (Wildman–Crippen LogP) is 4.16. The summed E-state index contributed by atoms with van der Waals surface area (Å²) in [4.78, 5) is 27.1. The number of hydrogen-bond acceptors (Lipinski definition) is 4. The maximum absolute atomic E-state index is 13.1. The van der Waals surface area contributed by atoms with Crippen LogP contribution < -0.4 is 15.4 Å². The monoisotopic (exact) mass is 421 g/mol. The SMILES string of the molecule is COc1cccc(CN(C)CC(=O)Nc2ccccc2C(=O)Nc2ccc(F)cc2)c1. The van der Waals surface area contributed by atoms with Crippen molar-refractivity contribution in [2.24, 2.45) is 0 Å². The molecule has 0 aliphatic carbocycles. The maximum Gasteiger partial charge on any atom is 0.257 e. The third-order valence-electron chi connectivity index (χ3n) is 4.55. The lowest BCUT2D eigenvalue weighted by molar-refractivity contribution is -0.117. The average molecular weight is 421 g/mol. The number of carbonyl (C=O) groups excluding carboxylic acids is 2. The Hall–Kier alpha value is -3.71. The van der Waals surface area contributed by atoms with E-state index in [9.17, 15) is 14.0 Å². The Morgan fingerprint density at radius 1 is 0.968 bits per heavy atom. The molecule has 0 unspecified atom stereocenters. The highest BCUT2D eigenvalue weighted by Crippen LogP contribution is 2.18. The first-order valence-electron chi connectivity index (χ1n) is 9.72. The van der Waals surface area contributed by atoms with E-state index < -0.39 is 5.91 Å². The van der Waals surface area contributed by atoms with Crippen molar-refractivity contribution in [1.82, 2.24) is 4.90 Å². The molecule has 6 nitrogen and oxygen atoms in total. The lowest BCUT2D eigenvalue weighted by Crippen LogP contribution is -2.30. The molecular weight excluding hydrogens is 397 g/mol. The van der Waals surface area contributed by atoms with Crippen LogP contribution in [0.1, 0.15) is 15.9 Å². The van der Waals surface area contributed by atoms with Crippen molar-refractivity contribution in [2.45, 2.75) is 6.54 Å². The van der Waals surface area contributed by atoms with Gasteiger partial charge in [0.15, 0.2) is 0 Å². The highest BCUT2D eigenvalue weighted by molar-refractivity contribution is 6.10. The molecule has 0 radical (unpaired) electrons. The molecule has 0 spiro atoms. The van der Waals surface area contributed by atoms with Crippen LogP contribution in [0.2, 0.25) is 0 Å². The van der Waals surface area contributed by atoms with Gasteiger partial charge in [0.2, 0.25) is 5.91 Å². The summed E-state index contributed by atoms with van der Waals surface area (Å²) in [7, 11) is 3.45. The lowest BCUT2D eigenvalue weighted by Gasteiger charge is -2.17. The summed E-state index contributed by atoms with van der Waals surface area (Å²) in [5, 5.41) is 5.50. The van der Waals surface area contributed by atoms with Gasteiger partial charge < -0.3 is 15.4 Å². The van der Waals surface area contributed by atoms with Crippen LogP contribution in [0.25, 0.3) is 0 Å². The molecule has 3 aromatic carbocycles. The van der Waals surface area contributed by atoms with Crippen LogP contribution in [-0.2, 0) is 11.3 Å². The first-order valence-corrected chi connectivity index (χ1v) is 9.72. The fraction of sp³-hybridized carbons (Fsp3) is 0.167. The van der Waals surface area contributed by atoms with Crippen molar-refractivity contribution in [1.29, 1.82) is 0 Å². The second kappa shape index (κ2) is 10.4. The highest BCUT2D eigenvalue weighted by Gasteiger charge is 2.15. The topological polar surface area (TPSA) is 70.7 Å². The Labute approximate surface area is 180 Å². The number of carbonyl (C=O) groups is 2. The number of amides is 2. The van der Waals surface area contributed by atoms with Gasteiger partial charge in [0.25, 0.3) is 5.91 Å². The predicted molar refractivity (Wildman–Crippen MR) is 119 cm³/mol. The molecule has 2 N–H and O–H groups in total. The number of nitrogens with zero attached hydrogens (tertiary/aromatic N) is 1. The van der Waals surface area contributed by atoms with Crippen LogP contribution >= 0.6 is 0 Å². The number of anilines is 2. The Morgan fingerprint density at radius 3 is 2.45 bits per heavy atom. The molecule has 0 fully saturated rings. The average Bonchev–Trinajstić information content (AvgIpc) is 2.75. The summed E-state index contributed by atoms with van der Waals surface area (Å²) in [6, 6.07) is 19.9. The number of hydrogen-bond donors (Lipinski definition) is 2. The van der Waals surface area contributed by atoms with E-state index >= 15 is 0 Å². The Morgan fingerprint density at radius 2 is 1.71 bits per heavy atom. The van der Waals surface area contributed by atoms with E-state index in [1.807, 2.05) is 36.2 Å². The van der Waals surface area contributed by atoms with Crippen molar-refractivity contribution >= 4 is 23.2 Å². The molecule has 7 heteroatoms. The number of halogens is 1. The van der Waals surface area contributed by atoms with Gasteiger partial charge in [0, 0.05) is 12.2 Å². The van der Waals surface area contributed by atoms with Crippen molar-refractivity contribution in [3.63, 3.8) is 0 Å². The van der Waals surface area contributed by atoms with Crippen LogP contribution in [0.5, 0.6) is 5.75 Å². The van der Waals surface area contributed by atoms with Crippen molar-refractivity contribution in [3.05, 3.63) is 89.7 Å². The van der Waals surface area contributed by atoms with E-state index in [0.29, 0.717) is 23.5 Å². The minimum Gasteiger partial charge on any atom is -0.497 e. The Balaban J connectivity index is 1.62. The summed E-state index contributed by atoms with van der Waals surface area (Å²) in [6.45, 7) is 0.711. The van der Waals surface area contributed by atoms with E-state index in [2.05, 4.69) is 10.6 Å². The van der Waals surface area contributed by atoms with Crippen molar-refractivity contribution < 1.29 is 18.7 Å². The summed E-state index contributed by atoms with van der Waals surface area (Å²) >= 11 is 0. The number of methoxy groups -OCH3 is 1. The zero-order valence-electron chi connectivity index (χ0n) is 17.4. The number of likely N-dealkylation sites (N-methyl/N-ethyl adjacent to an activating group) is 1. The normalized spacial score (nSPS) is 10.6. The molecular formula is C24H24FN3O3. The standard InChI is InChI=1S/C24H24FN3O3/c1-28(15-17-6-5-7-20(14-17)31-2)16-23(29)27-22-9-4-3-8-21(22)24(30)26-19-12-10-18(25)11-13-19/h3-14H,15-16H2,1-2H3,(H,26,30)(H,27,29). The van der Waals surface area contributed by atoms with E-state index in [0.717, 1.165) is 11.3 Å². The third-order valence-corrected chi connectivity index (χ3v) is 4.55. The molecule has 160 valence electrons. The maximum atomic E-state index is 13.1. The van der Waals surface area contributed by atoms with Gasteiger partial charge in [-0.2, -0.15) is 0 Å². The van der Waals surface area contributed by atoms with Gasteiger partial charge in [0.05, 0.1) is 24.9 Å². The van der Waals surface area contributed by atoms with Crippen LogP contribution in [0.15, 0.2) is 72.8 Å². The van der Waals surface area contributed by atoms with Crippen LogP contribution in [0.3, 0.4) is 0 Å². The molecule has 3 rings (SSSR count). The number of ether oxygens (including phenoxy) is 1. The summed E-state index contributed by atoms with van der Waals surface area (Å²) < 4.78 is 18.3. The molecule has 31 heavy (non-hydrogen) atoms. The molecule has 0 heterocycles. The zero-order chi connectivity index (χ0) is 22.2. The third kappa shape index (κ3) is 6.38. The van der Waals surface area contributed by atoms with E-state index in [-0.39, 0.29) is 18.3 Å². The molecule has 0 aromatic heterocycles. The minimum atomic E-state index is -0.396. The second-order valence-electron chi connectivity index (χ2n) is 7.08.